The normalized spacial score (nSPS) is 13.9. The third kappa shape index (κ3) is 3.59. The van der Waals surface area contributed by atoms with Crippen LogP contribution in [0.15, 0.2) is 39.3 Å². The average molecular weight is 307 g/mol. The van der Waals surface area contributed by atoms with Crippen molar-refractivity contribution in [1.82, 2.24) is 19.7 Å². The number of rotatable bonds is 5. The van der Waals surface area contributed by atoms with Gasteiger partial charge in [-0.2, -0.15) is 4.98 Å². The molecule has 0 aliphatic rings. The Hall–Kier alpha value is -1.93. The molecular formula is C13H17N5O2S. The Balaban J connectivity index is 2.38. The van der Waals surface area contributed by atoms with E-state index >= 15 is 0 Å². The molecule has 8 heteroatoms. The number of H-pyrrole nitrogens is 1. The lowest BCUT2D eigenvalue weighted by molar-refractivity contribution is 0.585. The number of pyridine rings is 1. The molecule has 0 aliphatic carbocycles. The van der Waals surface area contributed by atoms with Crippen molar-refractivity contribution >= 4 is 11.8 Å². The molecule has 0 aliphatic heterocycles. The summed E-state index contributed by atoms with van der Waals surface area (Å²) in [6.07, 6.45) is 4.21. The van der Waals surface area contributed by atoms with Crippen molar-refractivity contribution in [2.45, 2.75) is 29.8 Å². The van der Waals surface area contributed by atoms with Crippen LogP contribution in [0.25, 0.3) is 0 Å². The van der Waals surface area contributed by atoms with Crippen LogP contribution in [-0.2, 0) is 7.05 Å². The smallest absolute Gasteiger partial charge is 0.326 e. The van der Waals surface area contributed by atoms with Crippen LogP contribution < -0.4 is 16.9 Å². The lowest BCUT2D eigenvalue weighted by Crippen LogP contribution is -2.34. The molecule has 0 saturated carbocycles. The quantitative estimate of drug-likeness (QED) is 0.613. The predicted octanol–water partition coefficient (Wildman–Crippen LogP) is 0.434. The number of nitrogens with two attached hydrogens (primary N) is 1. The van der Waals surface area contributed by atoms with Gasteiger partial charge in [0, 0.05) is 25.5 Å². The zero-order valence-corrected chi connectivity index (χ0v) is 12.6. The molecule has 2 aromatic heterocycles. The van der Waals surface area contributed by atoms with E-state index in [1.54, 1.807) is 19.4 Å². The Morgan fingerprint density at radius 2 is 2.24 bits per heavy atom. The Kier molecular flexibility index (Phi) is 4.92. The summed E-state index contributed by atoms with van der Waals surface area (Å²) in [5.41, 5.74) is 5.60. The summed E-state index contributed by atoms with van der Waals surface area (Å²) in [4.78, 5) is 30.6. The first-order chi connectivity index (χ1) is 10.0. The van der Waals surface area contributed by atoms with Gasteiger partial charge in [0.2, 0.25) is 0 Å². The second kappa shape index (κ2) is 6.68. The molecule has 7 nitrogen and oxygen atoms in total. The molecule has 0 fully saturated rings. The first-order valence-electron chi connectivity index (χ1n) is 6.52. The molecule has 0 radical (unpaired) electrons. The highest BCUT2D eigenvalue weighted by Crippen LogP contribution is 2.35. The van der Waals surface area contributed by atoms with Crippen molar-refractivity contribution in [3.63, 3.8) is 0 Å². The fourth-order valence-corrected chi connectivity index (χ4v) is 3.05. The first-order valence-corrected chi connectivity index (χ1v) is 7.40. The monoisotopic (exact) mass is 307 g/mol. The highest BCUT2D eigenvalue weighted by atomic mass is 32.2. The third-order valence-corrected chi connectivity index (χ3v) is 4.50. The summed E-state index contributed by atoms with van der Waals surface area (Å²) < 4.78 is 1.43. The van der Waals surface area contributed by atoms with E-state index in [0.717, 1.165) is 12.0 Å². The number of thioether (sulfide) groups is 1. The van der Waals surface area contributed by atoms with Gasteiger partial charge in [0.25, 0.3) is 0 Å². The highest BCUT2D eigenvalue weighted by molar-refractivity contribution is 7.99. The molecule has 0 aromatic carbocycles. The number of aromatic amines is 1. The zero-order valence-electron chi connectivity index (χ0n) is 11.8. The average Bonchev–Trinajstić information content (AvgIpc) is 2.49. The van der Waals surface area contributed by atoms with Crippen molar-refractivity contribution in [1.29, 1.82) is 0 Å². The molecule has 2 unspecified atom stereocenters. The molecule has 0 bridgehead atoms. The maximum atomic E-state index is 11.4. The van der Waals surface area contributed by atoms with Gasteiger partial charge in [-0.05, 0) is 18.1 Å². The molecular weight excluding hydrogens is 290 g/mol. The van der Waals surface area contributed by atoms with Gasteiger partial charge in [-0.25, -0.2) is 0 Å². The number of aromatic nitrogens is 4. The number of hydrogen-bond acceptors (Lipinski definition) is 6. The van der Waals surface area contributed by atoms with Crippen molar-refractivity contribution in [2.24, 2.45) is 12.8 Å². The van der Waals surface area contributed by atoms with E-state index in [1.165, 1.54) is 16.4 Å². The fourth-order valence-electron chi connectivity index (χ4n) is 1.84. The van der Waals surface area contributed by atoms with E-state index in [1.807, 2.05) is 19.1 Å². The summed E-state index contributed by atoms with van der Waals surface area (Å²) in [5.74, 6) is 0. The largest absolute Gasteiger partial charge is 0.339 e. The molecule has 112 valence electrons. The standard InChI is InChI=1S/C13H17N5O2S/c1-3-9(14)10(8-5-4-6-15-7-8)21-13-16-11(19)12(20)17-18(13)2/h4-7,9-10H,3,14H2,1-2H3,(H,17,20). The third-order valence-electron chi connectivity index (χ3n) is 3.05. The second-order valence-corrected chi connectivity index (χ2v) is 5.71. The van der Waals surface area contributed by atoms with Gasteiger partial charge in [-0.1, -0.05) is 24.8 Å². The topological polar surface area (TPSA) is 107 Å². The zero-order chi connectivity index (χ0) is 15.4. The number of nitrogens with zero attached hydrogens (tertiary/aromatic N) is 3. The molecule has 2 heterocycles. The summed E-state index contributed by atoms with van der Waals surface area (Å²) in [6, 6.07) is 3.65. The van der Waals surface area contributed by atoms with Gasteiger partial charge in [0.1, 0.15) is 0 Å². The van der Waals surface area contributed by atoms with Crippen LogP contribution in [0.2, 0.25) is 0 Å². The van der Waals surface area contributed by atoms with Crippen LogP contribution in [0, 0.1) is 0 Å². The Morgan fingerprint density at radius 1 is 1.48 bits per heavy atom. The number of nitrogens with one attached hydrogen (secondary N) is 1. The van der Waals surface area contributed by atoms with Crippen LogP contribution in [0.1, 0.15) is 24.2 Å². The van der Waals surface area contributed by atoms with Gasteiger partial charge in [0.15, 0.2) is 5.16 Å². The molecule has 21 heavy (non-hydrogen) atoms. The minimum absolute atomic E-state index is 0.104. The van der Waals surface area contributed by atoms with Crippen LogP contribution >= 0.6 is 11.8 Å². The predicted molar refractivity (Wildman–Crippen MR) is 81.2 cm³/mol. The van der Waals surface area contributed by atoms with E-state index in [4.69, 9.17) is 5.73 Å². The summed E-state index contributed by atoms with van der Waals surface area (Å²) >= 11 is 1.34. The minimum atomic E-state index is -0.800. The highest BCUT2D eigenvalue weighted by Gasteiger charge is 2.22. The second-order valence-electron chi connectivity index (χ2n) is 4.60. The Labute approximate surface area is 125 Å². The molecule has 0 amide bonds. The summed E-state index contributed by atoms with van der Waals surface area (Å²) in [7, 11) is 1.63. The number of aryl methyl sites for hydroxylation is 1. The van der Waals surface area contributed by atoms with Gasteiger partial charge in [-0.3, -0.25) is 24.4 Å². The Bertz CT molecular complexity index is 712. The molecule has 3 N–H and O–H groups in total. The SMILES string of the molecule is CCC(N)C(Sc1nc(=O)c(=O)[nH]n1C)c1cccnc1. The Morgan fingerprint density at radius 3 is 2.86 bits per heavy atom. The summed E-state index contributed by atoms with van der Waals surface area (Å²) in [6.45, 7) is 1.99. The van der Waals surface area contributed by atoms with Crippen molar-refractivity contribution < 1.29 is 0 Å². The van der Waals surface area contributed by atoms with Gasteiger partial charge in [0.05, 0.1) is 5.25 Å². The molecule has 2 atom stereocenters. The van der Waals surface area contributed by atoms with Crippen LogP contribution in [0.5, 0.6) is 0 Å². The van der Waals surface area contributed by atoms with Gasteiger partial charge >= 0.3 is 11.1 Å². The van der Waals surface area contributed by atoms with E-state index in [0.29, 0.717) is 5.16 Å². The van der Waals surface area contributed by atoms with Gasteiger partial charge < -0.3 is 5.73 Å². The maximum Gasteiger partial charge on any atom is 0.339 e. The van der Waals surface area contributed by atoms with E-state index in [9.17, 15) is 9.59 Å². The first kappa shape index (κ1) is 15.5. The van der Waals surface area contributed by atoms with E-state index < -0.39 is 11.1 Å². The van der Waals surface area contributed by atoms with Crippen molar-refractivity contribution in [2.75, 3.05) is 0 Å². The van der Waals surface area contributed by atoms with Crippen LogP contribution in [0.3, 0.4) is 0 Å². The van der Waals surface area contributed by atoms with Gasteiger partial charge in [-0.15, -0.1) is 0 Å². The molecule has 2 rings (SSSR count). The van der Waals surface area contributed by atoms with E-state index in [2.05, 4.69) is 15.1 Å². The fraction of sp³-hybridized carbons (Fsp3) is 0.385. The van der Waals surface area contributed by atoms with Crippen molar-refractivity contribution in [3.8, 4) is 0 Å². The van der Waals surface area contributed by atoms with Crippen molar-refractivity contribution in [3.05, 3.63) is 50.8 Å². The van der Waals surface area contributed by atoms with Crippen LogP contribution in [-0.4, -0.2) is 25.8 Å². The molecule has 0 spiro atoms. The minimum Gasteiger partial charge on any atom is -0.326 e. The maximum absolute atomic E-state index is 11.4. The number of hydrogen-bond donors (Lipinski definition) is 2. The molecule has 0 saturated heterocycles. The molecule has 2 aromatic rings. The van der Waals surface area contributed by atoms with E-state index in [-0.39, 0.29) is 11.3 Å². The lowest BCUT2D eigenvalue weighted by Gasteiger charge is -2.22. The lowest BCUT2D eigenvalue weighted by atomic mass is 10.1. The van der Waals surface area contributed by atoms with Crippen LogP contribution in [0.4, 0.5) is 0 Å². The summed E-state index contributed by atoms with van der Waals surface area (Å²) in [5, 5.41) is 2.74.